The molecule has 8 heteroatoms. The summed E-state index contributed by atoms with van der Waals surface area (Å²) < 4.78 is 27.8. The molecule has 1 aromatic carbocycles. The fourth-order valence-electron chi connectivity index (χ4n) is 2.05. The SMILES string of the molecule is CC1=NC2=NCN(c3c(F)cccc3F)N2C(=S)N1C. The highest BCUT2D eigenvalue weighted by atomic mass is 32.1. The topological polar surface area (TPSA) is 34.4 Å². The summed E-state index contributed by atoms with van der Waals surface area (Å²) in [6.07, 6.45) is 0. The van der Waals surface area contributed by atoms with E-state index in [2.05, 4.69) is 9.98 Å². The molecule has 0 aromatic heterocycles. The zero-order chi connectivity index (χ0) is 14.4. The second-order valence-electron chi connectivity index (χ2n) is 4.38. The van der Waals surface area contributed by atoms with Crippen molar-refractivity contribution in [2.24, 2.45) is 9.98 Å². The van der Waals surface area contributed by atoms with Crippen LogP contribution in [-0.2, 0) is 0 Å². The maximum Gasteiger partial charge on any atom is 0.250 e. The van der Waals surface area contributed by atoms with E-state index in [9.17, 15) is 8.78 Å². The highest BCUT2D eigenvalue weighted by Gasteiger charge is 2.37. The quantitative estimate of drug-likeness (QED) is 0.742. The third-order valence-corrected chi connectivity index (χ3v) is 3.63. The van der Waals surface area contributed by atoms with Crippen molar-refractivity contribution in [3.05, 3.63) is 29.8 Å². The fraction of sp³-hybridized carbons (Fsp3) is 0.250. The Kier molecular flexibility index (Phi) is 2.89. The Balaban J connectivity index is 2.06. The van der Waals surface area contributed by atoms with Crippen molar-refractivity contribution in [2.75, 3.05) is 18.7 Å². The van der Waals surface area contributed by atoms with E-state index >= 15 is 0 Å². The van der Waals surface area contributed by atoms with Crippen LogP contribution >= 0.6 is 12.2 Å². The Morgan fingerprint density at radius 3 is 2.55 bits per heavy atom. The Labute approximate surface area is 119 Å². The monoisotopic (exact) mass is 295 g/mol. The first-order valence-corrected chi connectivity index (χ1v) is 6.30. The zero-order valence-electron chi connectivity index (χ0n) is 10.8. The zero-order valence-corrected chi connectivity index (χ0v) is 11.7. The van der Waals surface area contributed by atoms with Crippen molar-refractivity contribution >= 4 is 34.8 Å². The fourth-order valence-corrected chi connectivity index (χ4v) is 2.36. The van der Waals surface area contributed by atoms with Gasteiger partial charge in [-0.05, 0) is 31.3 Å². The standard InChI is InChI=1S/C12H11F2N5S/c1-7-16-11-15-6-18(19(11)12(20)17(7)2)10-8(13)4-3-5-9(10)14/h3-5H,6H2,1-2H3. The largest absolute Gasteiger partial charge is 0.308 e. The summed E-state index contributed by atoms with van der Waals surface area (Å²) in [7, 11) is 1.74. The summed E-state index contributed by atoms with van der Waals surface area (Å²) in [5, 5.41) is 3.15. The van der Waals surface area contributed by atoms with Gasteiger partial charge in [-0.25, -0.2) is 18.8 Å². The Morgan fingerprint density at radius 1 is 1.25 bits per heavy atom. The van der Waals surface area contributed by atoms with E-state index in [1.807, 2.05) is 0 Å². The number of hydrogen-bond donors (Lipinski definition) is 0. The lowest BCUT2D eigenvalue weighted by atomic mass is 10.3. The van der Waals surface area contributed by atoms with Gasteiger partial charge in [0.25, 0.3) is 5.96 Å². The molecule has 2 aliphatic heterocycles. The molecule has 0 aliphatic carbocycles. The first kappa shape index (κ1) is 12.9. The molecule has 0 radical (unpaired) electrons. The van der Waals surface area contributed by atoms with Crippen LogP contribution in [0.5, 0.6) is 0 Å². The number of thiocarbonyl (C=S) groups is 1. The van der Waals surface area contributed by atoms with Gasteiger partial charge in [0.15, 0.2) is 11.6 Å². The molecule has 0 amide bonds. The molecule has 5 nitrogen and oxygen atoms in total. The van der Waals surface area contributed by atoms with Crippen LogP contribution in [0.2, 0.25) is 0 Å². The lowest BCUT2D eigenvalue weighted by molar-refractivity contribution is 0.489. The van der Waals surface area contributed by atoms with E-state index in [0.29, 0.717) is 16.9 Å². The van der Waals surface area contributed by atoms with Crippen LogP contribution in [0.25, 0.3) is 0 Å². The van der Waals surface area contributed by atoms with Gasteiger partial charge in [-0.1, -0.05) is 6.07 Å². The molecule has 2 heterocycles. The molecular formula is C12H11F2N5S. The number of rotatable bonds is 1. The van der Waals surface area contributed by atoms with Crippen molar-refractivity contribution in [1.82, 2.24) is 9.91 Å². The molecule has 0 saturated heterocycles. The second-order valence-corrected chi connectivity index (χ2v) is 4.75. The minimum atomic E-state index is -0.668. The molecule has 104 valence electrons. The Morgan fingerprint density at radius 2 is 1.90 bits per heavy atom. The maximum absolute atomic E-state index is 13.9. The number of halogens is 2. The number of guanidine groups is 1. The van der Waals surface area contributed by atoms with Crippen LogP contribution in [0.3, 0.4) is 0 Å². The third kappa shape index (κ3) is 1.75. The number of amidine groups is 1. The molecule has 1 aromatic rings. The number of benzene rings is 1. The molecule has 3 rings (SSSR count). The summed E-state index contributed by atoms with van der Waals surface area (Å²) in [4.78, 5) is 10.1. The van der Waals surface area contributed by atoms with Gasteiger partial charge in [0, 0.05) is 7.05 Å². The number of nitrogens with zero attached hydrogens (tertiary/aromatic N) is 5. The van der Waals surface area contributed by atoms with Crippen molar-refractivity contribution in [1.29, 1.82) is 0 Å². The molecule has 0 fully saturated rings. The van der Waals surface area contributed by atoms with E-state index in [4.69, 9.17) is 12.2 Å². The first-order valence-electron chi connectivity index (χ1n) is 5.89. The molecule has 0 saturated carbocycles. The summed E-state index contributed by atoms with van der Waals surface area (Å²) in [6.45, 7) is 1.86. The van der Waals surface area contributed by atoms with E-state index in [-0.39, 0.29) is 12.4 Å². The predicted octanol–water partition coefficient (Wildman–Crippen LogP) is 1.96. The smallest absolute Gasteiger partial charge is 0.250 e. The van der Waals surface area contributed by atoms with Crippen molar-refractivity contribution in [2.45, 2.75) is 6.92 Å². The van der Waals surface area contributed by atoms with E-state index in [0.717, 1.165) is 0 Å². The first-order chi connectivity index (χ1) is 9.50. The predicted molar refractivity (Wildman–Crippen MR) is 76.4 cm³/mol. The van der Waals surface area contributed by atoms with Gasteiger partial charge in [-0.15, -0.1) is 0 Å². The summed E-state index contributed by atoms with van der Waals surface area (Å²) in [5.74, 6) is -0.314. The van der Waals surface area contributed by atoms with Crippen LogP contribution in [-0.4, -0.2) is 40.5 Å². The number of aliphatic imine (C=N–C) groups is 2. The summed E-state index contributed by atoms with van der Waals surface area (Å²) >= 11 is 5.31. The minimum Gasteiger partial charge on any atom is -0.308 e. The van der Waals surface area contributed by atoms with Gasteiger partial charge in [0.1, 0.15) is 18.2 Å². The normalized spacial score (nSPS) is 18.2. The van der Waals surface area contributed by atoms with Crippen molar-refractivity contribution in [3.8, 4) is 0 Å². The van der Waals surface area contributed by atoms with Gasteiger partial charge < -0.3 is 4.90 Å². The van der Waals surface area contributed by atoms with Crippen LogP contribution in [0.1, 0.15) is 6.92 Å². The van der Waals surface area contributed by atoms with E-state index in [1.165, 1.54) is 28.2 Å². The van der Waals surface area contributed by atoms with Crippen LogP contribution in [0, 0.1) is 11.6 Å². The Bertz CT molecular complexity index is 637. The lowest BCUT2D eigenvalue weighted by Gasteiger charge is -2.37. The van der Waals surface area contributed by atoms with Gasteiger partial charge in [0.05, 0.1) is 0 Å². The number of hydrazine groups is 1. The second kappa shape index (κ2) is 4.48. The maximum atomic E-state index is 13.9. The average molecular weight is 295 g/mol. The third-order valence-electron chi connectivity index (χ3n) is 3.19. The molecule has 0 spiro atoms. The molecule has 2 aliphatic rings. The number of fused-ring (bicyclic) bond motifs is 1. The number of para-hydroxylation sites is 1. The Hall–Kier alpha value is -2.09. The molecule has 0 atom stereocenters. The average Bonchev–Trinajstić information content (AvgIpc) is 2.80. The number of anilines is 1. The van der Waals surface area contributed by atoms with Gasteiger partial charge >= 0.3 is 0 Å². The summed E-state index contributed by atoms with van der Waals surface area (Å²) in [6, 6.07) is 3.71. The van der Waals surface area contributed by atoms with E-state index < -0.39 is 11.6 Å². The molecule has 0 bridgehead atoms. The van der Waals surface area contributed by atoms with Crippen LogP contribution in [0.4, 0.5) is 14.5 Å². The molecule has 0 N–H and O–H groups in total. The van der Waals surface area contributed by atoms with Crippen LogP contribution < -0.4 is 5.01 Å². The molecule has 0 unspecified atom stereocenters. The van der Waals surface area contributed by atoms with Gasteiger partial charge in [-0.2, -0.15) is 10.0 Å². The van der Waals surface area contributed by atoms with Crippen molar-refractivity contribution in [3.63, 3.8) is 0 Å². The van der Waals surface area contributed by atoms with Crippen molar-refractivity contribution < 1.29 is 8.78 Å². The highest BCUT2D eigenvalue weighted by molar-refractivity contribution is 7.80. The van der Waals surface area contributed by atoms with Gasteiger partial charge in [0.2, 0.25) is 5.11 Å². The van der Waals surface area contributed by atoms with E-state index in [1.54, 1.807) is 18.9 Å². The molecular weight excluding hydrogens is 284 g/mol. The lowest BCUT2D eigenvalue weighted by Crippen LogP contribution is -2.55. The summed E-state index contributed by atoms with van der Waals surface area (Å²) in [5.41, 5.74) is -0.184. The number of hydrogen-bond acceptors (Lipinski definition) is 4. The highest BCUT2D eigenvalue weighted by Crippen LogP contribution is 2.29. The minimum absolute atomic E-state index is 0.0674. The van der Waals surface area contributed by atoms with Crippen LogP contribution in [0.15, 0.2) is 28.2 Å². The van der Waals surface area contributed by atoms with Gasteiger partial charge in [-0.3, -0.25) is 0 Å². The molecule has 20 heavy (non-hydrogen) atoms.